The second-order valence-electron chi connectivity index (χ2n) is 6.43. The van der Waals surface area contributed by atoms with Gasteiger partial charge in [-0.1, -0.05) is 48.5 Å². The lowest BCUT2D eigenvalue weighted by atomic mass is 10.1. The molecule has 2 aromatic carbocycles. The van der Waals surface area contributed by atoms with Crippen LogP contribution in [0.4, 0.5) is 0 Å². The predicted octanol–water partition coefficient (Wildman–Crippen LogP) is 3.83. The molecule has 3 rings (SSSR count). The number of rotatable bonds is 7. The maximum Gasteiger partial charge on any atom is 0.261 e. The van der Waals surface area contributed by atoms with E-state index in [1.54, 1.807) is 0 Å². The molecule has 6 heteroatoms. The zero-order chi connectivity index (χ0) is 19.2. The minimum absolute atomic E-state index is 0.158. The van der Waals surface area contributed by atoms with E-state index in [0.29, 0.717) is 23.9 Å². The summed E-state index contributed by atoms with van der Waals surface area (Å²) in [6.07, 6.45) is -0.0273. The average Bonchev–Trinajstić information content (AvgIpc) is 3.13. The Morgan fingerprint density at radius 2 is 1.85 bits per heavy atom. The molecule has 0 saturated heterocycles. The molecule has 0 aliphatic heterocycles. The molecule has 1 N–H and O–H groups in total. The van der Waals surface area contributed by atoms with Gasteiger partial charge in [-0.05, 0) is 43.5 Å². The van der Waals surface area contributed by atoms with Crippen LogP contribution >= 0.6 is 0 Å². The molecule has 1 aromatic heterocycles. The maximum absolute atomic E-state index is 12.5. The first-order valence-electron chi connectivity index (χ1n) is 8.96. The topological polar surface area (TPSA) is 77.2 Å². The van der Waals surface area contributed by atoms with Crippen molar-refractivity contribution in [2.24, 2.45) is 0 Å². The molecule has 0 radical (unpaired) electrons. The zero-order valence-electron chi connectivity index (χ0n) is 15.7. The maximum atomic E-state index is 12.5. The molecule has 140 valence electrons. The van der Waals surface area contributed by atoms with Gasteiger partial charge in [0.05, 0.1) is 6.54 Å². The van der Waals surface area contributed by atoms with Gasteiger partial charge in [0.1, 0.15) is 5.75 Å². The average molecular weight is 365 g/mol. The van der Waals surface area contributed by atoms with E-state index in [9.17, 15) is 4.79 Å². The molecule has 0 spiro atoms. The summed E-state index contributed by atoms with van der Waals surface area (Å²) in [4.78, 5) is 16.8. The van der Waals surface area contributed by atoms with Gasteiger partial charge in [0.25, 0.3) is 5.91 Å². The van der Waals surface area contributed by atoms with Crippen LogP contribution in [0, 0.1) is 13.8 Å². The number of carbonyl (C=O) groups is 1. The first kappa shape index (κ1) is 18.6. The van der Waals surface area contributed by atoms with E-state index < -0.39 is 6.10 Å². The fourth-order valence-electron chi connectivity index (χ4n) is 2.80. The lowest BCUT2D eigenvalue weighted by molar-refractivity contribution is -0.128. The minimum atomic E-state index is -0.581. The van der Waals surface area contributed by atoms with E-state index in [2.05, 4.69) is 21.5 Å². The fourth-order valence-corrected chi connectivity index (χ4v) is 2.80. The number of ether oxygens (including phenoxy) is 1. The normalized spacial score (nSPS) is 11.8. The molecule has 0 unspecified atom stereocenters. The quantitative estimate of drug-likeness (QED) is 0.688. The summed E-state index contributed by atoms with van der Waals surface area (Å²) in [6, 6.07) is 15.4. The number of carbonyl (C=O) groups excluding carboxylic acids is 1. The summed E-state index contributed by atoms with van der Waals surface area (Å²) >= 11 is 0. The van der Waals surface area contributed by atoms with Crippen molar-refractivity contribution in [1.29, 1.82) is 0 Å². The number of amides is 1. The summed E-state index contributed by atoms with van der Waals surface area (Å²) in [5.74, 6) is 1.33. The Balaban J connectivity index is 1.60. The van der Waals surface area contributed by atoms with Crippen LogP contribution in [0.25, 0.3) is 11.4 Å². The summed E-state index contributed by atoms with van der Waals surface area (Å²) in [6.45, 7) is 6.07. The van der Waals surface area contributed by atoms with E-state index in [1.165, 1.54) is 0 Å². The molecular weight excluding hydrogens is 342 g/mol. The monoisotopic (exact) mass is 365 g/mol. The first-order valence-corrected chi connectivity index (χ1v) is 8.96. The standard InChI is InChI=1S/C21H23N3O3/c1-4-18(26-17-11-14(2)10-15(3)12-17)21(25)22-13-19-23-20(24-27-19)16-8-6-5-7-9-16/h5-12,18H,4,13H2,1-3H3,(H,22,25)/t18-/m0/s1. The number of benzene rings is 2. The van der Waals surface area contributed by atoms with Crippen LogP contribution in [-0.2, 0) is 11.3 Å². The number of hydrogen-bond acceptors (Lipinski definition) is 5. The Labute approximate surface area is 158 Å². The summed E-state index contributed by atoms with van der Waals surface area (Å²) < 4.78 is 11.1. The van der Waals surface area contributed by atoms with Crippen LogP contribution in [0.3, 0.4) is 0 Å². The Bertz CT molecular complexity index is 886. The molecule has 0 saturated carbocycles. The van der Waals surface area contributed by atoms with Crippen LogP contribution in [-0.4, -0.2) is 22.2 Å². The fraction of sp³-hybridized carbons (Fsp3) is 0.286. The van der Waals surface area contributed by atoms with Gasteiger partial charge >= 0.3 is 0 Å². The van der Waals surface area contributed by atoms with E-state index in [0.717, 1.165) is 16.7 Å². The highest BCUT2D eigenvalue weighted by molar-refractivity contribution is 5.81. The third kappa shape index (κ3) is 4.94. The Kier molecular flexibility index (Phi) is 5.86. The number of aryl methyl sites for hydroxylation is 2. The molecule has 1 amide bonds. The predicted molar refractivity (Wildman–Crippen MR) is 102 cm³/mol. The molecular formula is C21H23N3O3. The van der Waals surface area contributed by atoms with Crippen molar-refractivity contribution in [2.45, 2.75) is 39.8 Å². The Morgan fingerprint density at radius 1 is 1.15 bits per heavy atom. The van der Waals surface area contributed by atoms with Crippen LogP contribution in [0.5, 0.6) is 5.75 Å². The van der Waals surface area contributed by atoms with Gasteiger partial charge in [-0.2, -0.15) is 4.98 Å². The number of nitrogens with zero attached hydrogens (tertiary/aromatic N) is 2. The number of nitrogens with one attached hydrogen (secondary N) is 1. The van der Waals surface area contributed by atoms with E-state index >= 15 is 0 Å². The number of hydrogen-bond donors (Lipinski definition) is 1. The van der Waals surface area contributed by atoms with Crippen molar-refractivity contribution in [3.8, 4) is 17.1 Å². The van der Waals surface area contributed by atoms with Crippen molar-refractivity contribution in [2.75, 3.05) is 0 Å². The second-order valence-corrected chi connectivity index (χ2v) is 6.43. The second kappa shape index (κ2) is 8.49. The van der Waals surface area contributed by atoms with Gasteiger partial charge < -0.3 is 14.6 Å². The van der Waals surface area contributed by atoms with Crippen LogP contribution in [0.2, 0.25) is 0 Å². The lowest BCUT2D eigenvalue weighted by Crippen LogP contribution is -2.37. The van der Waals surface area contributed by atoms with E-state index in [1.807, 2.05) is 63.2 Å². The molecule has 6 nitrogen and oxygen atoms in total. The highest BCUT2D eigenvalue weighted by Gasteiger charge is 2.19. The van der Waals surface area contributed by atoms with E-state index in [-0.39, 0.29) is 12.5 Å². The molecule has 0 bridgehead atoms. The zero-order valence-corrected chi connectivity index (χ0v) is 15.7. The highest BCUT2D eigenvalue weighted by atomic mass is 16.5. The third-order valence-corrected chi connectivity index (χ3v) is 4.05. The van der Waals surface area contributed by atoms with Crippen molar-refractivity contribution >= 4 is 5.91 Å². The van der Waals surface area contributed by atoms with Crippen molar-refractivity contribution in [3.05, 3.63) is 65.5 Å². The SMILES string of the molecule is CC[C@H](Oc1cc(C)cc(C)c1)C(=O)NCc1nc(-c2ccccc2)no1. The Hall–Kier alpha value is -3.15. The van der Waals surface area contributed by atoms with Gasteiger partial charge in [0, 0.05) is 5.56 Å². The largest absolute Gasteiger partial charge is 0.481 e. The molecule has 1 atom stereocenters. The summed E-state index contributed by atoms with van der Waals surface area (Å²) in [5, 5.41) is 6.75. The molecule has 1 heterocycles. The van der Waals surface area contributed by atoms with Crippen molar-refractivity contribution < 1.29 is 14.1 Å². The smallest absolute Gasteiger partial charge is 0.261 e. The third-order valence-electron chi connectivity index (χ3n) is 4.05. The first-order chi connectivity index (χ1) is 13.0. The molecule has 0 fully saturated rings. The summed E-state index contributed by atoms with van der Waals surface area (Å²) in [5.41, 5.74) is 3.06. The molecule has 27 heavy (non-hydrogen) atoms. The minimum Gasteiger partial charge on any atom is -0.481 e. The van der Waals surface area contributed by atoms with E-state index in [4.69, 9.17) is 9.26 Å². The van der Waals surface area contributed by atoms with Gasteiger partial charge in [0.15, 0.2) is 6.10 Å². The van der Waals surface area contributed by atoms with Gasteiger partial charge in [-0.3, -0.25) is 4.79 Å². The van der Waals surface area contributed by atoms with Gasteiger partial charge in [-0.25, -0.2) is 0 Å². The molecule has 0 aliphatic rings. The summed E-state index contributed by atoms with van der Waals surface area (Å²) in [7, 11) is 0. The highest BCUT2D eigenvalue weighted by Crippen LogP contribution is 2.19. The van der Waals surface area contributed by atoms with Crippen LogP contribution in [0.15, 0.2) is 53.1 Å². The molecule has 0 aliphatic carbocycles. The number of aromatic nitrogens is 2. The van der Waals surface area contributed by atoms with Gasteiger partial charge in [0.2, 0.25) is 11.7 Å². The lowest BCUT2D eigenvalue weighted by Gasteiger charge is -2.17. The van der Waals surface area contributed by atoms with Gasteiger partial charge in [-0.15, -0.1) is 0 Å². The Morgan fingerprint density at radius 3 is 2.52 bits per heavy atom. The van der Waals surface area contributed by atoms with Crippen molar-refractivity contribution in [1.82, 2.24) is 15.5 Å². The van der Waals surface area contributed by atoms with Crippen LogP contribution in [0.1, 0.15) is 30.4 Å². The van der Waals surface area contributed by atoms with Crippen LogP contribution < -0.4 is 10.1 Å². The molecule has 3 aromatic rings. The van der Waals surface area contributed by atoms with Crippen molar-refractivity contribution in [3.63, 3.8) is 0 Å².